The van der Waals surface area contributed by atoms with Gasteiger partial charge in [-0.3, -0.25) is 4.79 Å². The topological polar surface area (TPSA) is 104 Å². The fourth-order valence-corrected chi connectivity index (χ4v) is 0.814. The molecular formula is C9H19N3O3. The van der Waals surface area contributed by atoms with Crippen LogP contribution >= 0.6 is 0 Å². The molecule has 0 fully saturated rings. The molecule has 0 saturated carbocycles. The van der Waals surface area contributed by atoms with Crippen LogP contribution < -0.4 is 16.4 Å². The number of aliphatic hydroxyl groups excluding tert-OH is 1. The van der Waals surface area contributed by atoms with E-state index in [-0.39, 0.29) is 17.9 Å². The first kappa shape index (κ1) is 13.7. The van der Waals surface area contributed by atoms with Crippen LogP contribution in [-0.2, 0) is 4.79 Å². The summed E-state index contributed by atoms with van der Waals surface area (Å²) < 4.78 is 0. The van der Waals surface area contributed by atoms with E-state index in [9.17, 15) is 9.59 Å². The lowest BCUT2D eigenvalue weighted by Gasteiger charge is -2.23. The highest BCUT2D eigenvalue weighted by Gasteiger charge is 2.20. The highest BCUT2D eigenvalue weighted by Crippen LogP contribution is 2.10. The monoisotopic (exact) mass is 217 g/mol. The SMILES string of the molecule is CC(NC(N)=O)C(=O)NCC(C)(C)CO. The zero-order valence-corrected chi connectivity index (χ0v) is 9.33. The number of urea groups is 1. The molecule has 88 valence electrons. The van der Waals surface area contributed by atoms with Crippen molar-refractivity contribution in [3.05, 3.63) is 0 Å². The van der Waals surface area contributed by atoms with Crippen LogP contribution in [0.5, 0.6) is 0 Å². The van der Waals surface area contributed by atoms with Crippen molar-refractivity contribution in [2.24, 2.45) is 11.1 Å². The molecule has 6 nitrogen and oxygen atoms in total. The first-order valence-electron chi connectivity index (χ1n) is 4.73. The van der Waals surface area contributed by atoms with Gasteiger partial charge in [0, 0.05) is 18.6 Å². The van der Waals surface area contributed by atoms with Crippen molar-refractivity contribution in [2.45, 2.75) is 26.8 Å². The molecule has 0 spiro atoms. The normalized spacial score (nSPS) is 13.1. The zero-order chi connectivity index (χ0) is 12.1. The Balaban J connectivity index is 3.98. The molecule has 5 N–H and O–H groups in total. The maximum Gasteiger partial charge on any atom is 0.312 e. The molecule has 0 aromatic heterocycles. The maximum atomic E-state index is 11.4. The quantitative estimate of drug-likeness (QED) is 0.483. The van der Waals surface area contributed by atoms with Gasteiger partial charge in [-0.1, -0.05) is 13.8 Å². The fourth-order valence-electron chi connectivity index (χ4n) is 0.814. The molecule has 1 atom stereocenters. The predicted molar refractivity (Wildman–Crippen MR) is 56.1 cm³/mol. The van der Waals surface area contributed by atoms with Crippen molar-refractivity contribution in [2.75, 3.05) is 13.2 Å². The smallest absolute Gasteiger partial charge is 0.312 e. The van der Waals surface area contributed by atoms with Crippen LogP contribution in [-0.4, -0.2) is 36.2 Å². The molecule has 0 aliphatic rings. The molecule has 0 saturated heterocycles. The molecule has 0 aliphatic carbocycles. The lowest BCUT2D eigenvalue weighted by atomic mass is 9.95. The van der Waals surface area contributed by atoms with Crippen LogP contribution in [0.3, 0.4) is 0 Å². The summed E-state index contributed by atoms with van der Waals surface area (Å²) in [5.74, 6) is -0.324. The second-order valence-corrected chi connectivity index (χ2v) is 4.27. The Morgan fingerprint density at radius 1 is 1.47 bits per heavy atom. The standard InChI is InChI=1S/C9H19N3O3/c1-6(12-8(10)15)7(14)11-4-9(2,3)5-13/h6,13H,4-5H2,1-3H3,(H,11,14)(H3,10,12,15). The summed E-state index contributed by atoms with van der Waals surface area (Å²) in [7, 11) is 0. The molecule has 6 heteroatoms. The van der Waals surface area contributed by atoms with Crippen LogP contribution in [0.2, 0.25) is 0 Å². The van der Waals surface area contributed by atoms with E-state index in [0.717, 1.165) is 0 Å². The summed E-state index contributed by atoms with van der Waals surface area (Å²) >= 11 is 0. The number of rotatable bonds is 5. The number of carbonyl (C=O) groups is 2. The summed E-state index contributed by atoms with van der Waals surface area (Å²) in [6, 6.07) is -1.41. The van der Waals surface area contributed by atoms with Gasteiger partial charge in [0.05, 0.1) is 0 Å². The van der Waals surface area contributed by atoms with E-state index in [2.05, 4.69) is 10.6 Å². The third-order valence-electron chi connectivity index (χ3n) is 1.92. The highest BCUT2D eigenvalue weighted by atomic mass is 16.3. The molecule has 0 aromatic carbocycles. The lowest BCUT2D eigenvalue weighted by Crippen LogP contribution is -2.48. The van der Waals surface area contributed by atoms with Gasteiger partial charge in [0.25, 0.3) is 0 Å². The van der Waals surface area contributed by atoms with E-state index < -0.39 is 12.1 Å². The average Bonchev–Trinajstić information content (AvgIpc) is 2.13. The Bertz CT molecular complexity index is 241. The Morgan fingerprint density at radius 2 is 2.00 bits per heavy atom. The Labute approximate surface area is 89.2 Å². The molecule has 1 unspecified atom stereocenters. The first-order chi connectivity index (χ1) is 6.78. The number of hydrogen-bond acceptors (Lipinski definition) is 3. The van der Waals surface area contributed by atoms with E-state index in [4.69, 9.17) is 10.8 Å². The number of carbonyl (C=O) groups excluding carboxylic acids is 2. The number of nitrogens with two attached hydrogens (primary N) is 1. The molecule has 0 aliphatic heterocycles. The number of primary amides is 1. The van der Waals surface area contributed by atoms with Gasteiger partial charge in [-0.05, 0) is 6.92 Å². The molecular weight excluding hydrogens is 198 g/mol. The van der Waals surface area contributed by atoms with Crippen LogP contribution in [0.4, 0.5) is 4.79 Å². The van der Waals surface area contributed by atoms with Gasteiger partial charge < -0.3 is 21.5 Å². The van der Waals surface area contributed by atoms with E-state index in [1.165, 1.54) is 6.92 Å². The Kier molecular flexibility index (Phi) is 5.07. The van der Waals surface area contributed by atoms with E-state index in [1.54, 1.807) is 0 Å². The van der Waals surface area contributed by atoms with Crippen LogP contribution in [0.15, 0.2) is 0 Å². The molecule has 0 rings (SSSR count). The molecule has 3 amide bonds. The summed E-state index contributed by atoms with van der Waals surface area (Å²) in [5, 5.41) is 13.8. The number of aliphatic hydroxyl groups is 1. The summed E-state index contributed by atoms with van der Waals surface area (Å²) in [4.78, 5) is 21.8. The summed E-state index contributed by atoms with van der Waals surface area (Å²) in [6.45, 7) is 5.49. The minimum Gasteiger partial charge on any atom is -0.396 e. The van der Waals surface area contributed by atoms with Crippen molar-refractivity contribution in [3.8, 4) is 0 Å². The van der Waals surface area contributed by atoms with Crippen LogP contribution in [0, 0.1) is 5.41 Å². The zero-order valence-electron chi connectivity index (χ0n) is 9.33. The Hall–Kier alpha value is -1.30. The van der Waals surface area contributed by atoms with Crippen molar-refractivity contribution in [3.63, 3.8) is 0 Å². The number of hydrogen-bond donors (Lipinski definition) is 4. The predicted octanol–water partition coefficient (Wildman–Crippen LogP) is -0.822. The summed E-state index contributed by atoms with van der Waals surface area (Å²) in [6.07, 6.45) is 0. The van der Waals surface area contributed by atoms with Crippen LogP contribution in [0.25, 0.3) is 0 Å². The fraction of sp³-hybridized carbons (Fsp3) is 0.778. The highest BCUT2D eigenvalue weighted by molar-refractivity contribution is 5.86. The maximum absolute atomic E-state index is 11.4. The van der Waals surface area contributed by atoms with Crippen LogP contribution in [0.1, 0.15) is 20.8 Å². The second-order valence-electron chi connectivity index (χ2n) is 4.27. The van der Waals surface area contributed by atoms with E-state index in [1.807, 2.05) is 13.8 Å². The minimum atomic E-state index is -0.737. The van der Waals surface area contributed by atoms with Gasteiger partial charge in [-0.25, -0.2) is 4.79 Å². The van der Waals surface area contributed by atoms with E-state index >= 15 is 0 Å². The van der Waals surface area contributed by atoms with Gasteiger partial charge in [0.15, 0.2) is 0 Å². The van der Waals surface area contributed by atoms with Crippen molar-refractivity contribution >= 4 is 11.9 Å². The molecule has 0 bridgehead atoms. The average molecular weight is 217 g/mol. The molecule has 0 radical (unpaired) electrons. The second kappa shape index (κ2) is 5.55. The lowest BCUT2D eigenvalue weighted by molar-refractivity contribution is -0.123. The largest absolute Gasteiger partial charge is 0.396 e. The number of amides is 3. The van der Waals surface area contributed by atoms with Crippen molar-refractivity contribution in [1.29, 1.82) is 0 Å². The summed E-state index contributed by atoms with van der Waals surface area (Å²) in [5.41, 5.74) is 4.50. The Morgan fingerprint density at radius 3 is 2.40 bits per heavy atom. The molecule has 15 heavy (non-hydrogen) atoms. The van der Waals surface area contributed by atoms with E-state index in [0.29, 0.717) is 6.54 Å². The number of nitrogens with one attached hydrogen (secondary N) is 2. The third kappa shape index (κ3) is 5.90. The van der Waals surface area contributed by atoms with Gasteiger partial charge in [0.1, 0.15) is 6.04 Å². The first-order valence-corrected chi connectivity index (χ1v) is 4.73. The minimum absolute atomic E-state index is 0.0229. The van der Waals surface area contributed by atoms with Gasteiger partial charge in [-0.2, -0.15) is 0 Å². The van der Waals surface area contributed by atoms with Gasteiger partial charge in [0.2, 0.25) is 5.91 Å². The van der Waals surface area contributed by atoms with Gasteiger partial charge in [-0.15, -0.1) is 0 Å². The van der Waals surface area contributed by atoms with Crippen molar-refractivity contribution in [1.82, 2.24) is 10.6 Å². The van der Waals surface area contributed by atoms with Gasteiger partial charge >= 0.3 is 6.03 Å². The third-order valence-corrected chi connectivity index (χ3v) is 1.92. The molecule has 0 heterocycles. The van der Waals surface area contributed by atoms with Crippen molar-refractivity contribution < 1.29 is 14.7 Å². The molecule has 0 aromatic rings.